The standard InChI is InChI=1S/C15H13ClN4O2/c16-9-5-2-1-4-8(9)13-12-10(6-3-7-11(12)21)17-14-15(18-13)20-22-19-14/h1-2,4-5,13H,3,6-7H2,(H,17,19)(H,18,20). The van der Waals surface area contributed by atoms with Crippen LogP contribution in [0.5, 0.6) is 0 Å². The highest BCUT2D eigenvalue weighted by Gasteiger charge is 2.34. The number of carbonyl (C=O) groups is 1. The molecule has 7 heteroatoms. The van der Waals surface area contributed by atoms with Crippen LogP contribution in [-0.2, 0) is 4.79 Å². The summed E-state index contributed by atoms with van der Waals surface area (Å²) in [6.45, 7) is 0. The largest absolute Gasteiger partial charge is 0.353 e. The summed E-state index contributed by atoms with van der Waals surface area (Å²) in [7, 11) is 0. The molecule has 0 bridgehead atoms. The van der Waals surface area contributed by atoms with Gasteiger partial charge in [0, 0.05) is 22.7 Å². The van der Waals surface area contributed by atoms with Gasteiger partial charge in [-0.25, -0.2) is 4.63 Å². The Morgan fingerprint density at radius 1 is 1.18 bits per heavy atom. The average Bonchev–Trinajstić information content (AvgIpc) is 2.87. The molecule has 0 saturated heterocycles. The first kappa shape index (κ1) is 13.3. The van der Waals surface area contributed by atoms with Gasteiger partial charge in [-0.15, -0.1) is 0 Å². The number of nitrogens with zero attached hydrogens (tertiary/aromatic N) is 2. The normalized spacial score (nSPS) is 20.6. The summed E-state index contributed by atoms with van der Waals surface area (Å²) in [5, 5.41) is 14.7. The number of halogens is 1. The Morgan fingerprint density at radius 2 is 2.00 bits per heavy atom. The van der Waals surface area contributed by atoms with Gasteiger partial charge in [-0.1, -0.05) is 29.8 Å². The van der Waals surface area contributed by atoms with E-state index in [1.807, 2.05) is 24.3 Å². The van der Waals surface area contributed by atoms with Crippen molar-refractivity contribution in [3.63, 3.8) is 0 Å². The Balaban J connectivity index is 1.90. The molecule has 1 aliphatic carbocycles. The van der Waals surface area contributed by atoms with Crippen molar-refractivity contribution in [1.29, 1.82) is 0 Å². The van der Waals surface area contributed by atoms with Crippen LogP contribution in [0.2, 0.25) is 5.02 Å². The number of anilines is 2. The first-order valence-corrected chi connectivity index (χ1v) is 7.48. The Labute approximate surface area is 131 Å². The molecule has 2 heterocycles. The fourth-order valence-electron chi connectivity index (χ4n) is 2.99. The predicted octanol–water partition coefficient (Wildman–Crippen LogP) is 3.31. The zero-order chi connectivity index (χ0) is 15.1. The van der Waals surface area contributed by atoms with Gasteiger partial charge in [0.25, 0.3) is 0 Å². The smallest absolute Gasteiger partial charge is 0.219 e. The zero-order valence-corrected chi connectivity index (χ0v) is 12.4. The monoisotopic (exact) mass is 316 g/mol. The van der Waals surface area contributed by atoms with Gasteiger partial charge in [-0.05, 0) is 34.8 Å². The van der Waals surface area contributed by atoms with Crippen LogP contribution in [0.1, 0.15) is 30.9 Å². The van der Waals surface area contributed by atoms with Crippen molar-refractivity contribution >= 4 is 29.0 Å². The molecule has 6 nitrogen and oxygen atoms in total. The van der Waals surface area contributed by atoms with Crippen LogP contribution in [0.25, 0.3) is 0 Å². The van der Waals surface area contributed by atoms with Crippen LogP contribution in [-0.4, -0.2) is 16.1 Å². The molecule has 0 amide bonds. The van der Waals surface area contributed by atoms with E-state index < -0.39 is 0 Å². The molecule has 112 valence electrons. The van der Waals surface area contributed by atoms with E-state index in [1.54, 1.807) is 0 Å². The van der Waals surface area contributed by atoms with Gasteiger partial charge >= 0.3 is 0 Å². The first-order valence-electron chi connectivity index (χ1n) is 7.11. The maximum Gasteiger partial charge on any atom is 0.219 e. The molecular weight excluding hydrogens is 304 g/mol. The quantitative estimate of drug-likeness (QED) is 0.840. The van der Waals surface area contributed by atoms with Gasteiger partial charge < -0.3 is 10.6 Å². The summed E-state index contributed by atoms with van der Waals surface area (Å²) in [5.41, 5.74) is 2.41. The highest BCUT2D eigenvalue weighted by molar-refractivity contribution is 6.31. The zero-order valence-electron chi connectivity index (χ0n) is 11.6. The number of allylic oxidation sites excluding steroid dienone is 1. The Hall–Kier alpha value is -2.34. The van der Waals surface area contributed by atoms with E-state index in [1.165, 1.54) is 0 Å². The maximum atomic E-state index is 12.5. The van der Waals surface area contributed by atoms with E-state index >= 15 is 0 Å². The van der Waals surface area contributed by atoms with E-state index in [0.717, 1.165) is 24.1 Å². The second-order valence-corrected chi connectivity index (χ2v) is 5.76. The van der Waals surface area contributed by atoms with Gasteiger partial charge in [0.2, 0.25) is 11.6 Å². The fourth-order valence-corrected chi connectivity index (χ4v) is 3.23. The van der Waals surface area contributed by atoms with Crippen LogP contribution in [0, 0.1) is 0 Å². The predicted molar refractivity (Wildman–Crippen MR) is 81.6 cm³/mol. The van der Waals surface area contributed by atoms with E-state index in [4.69, 9.17) is 16.2 Å². The van der Waals surface area contributed by atoms with Gasteiger partial charge in [-0.2, -0.15) is 0 Å². The van der Waals surface area contributed by atoms with Crippen LogP contribution in [0.3, 0.4) is 0 Å². The Kier molecular flexibility index (Phi) is 3.11. The van der Waals surface area contributed by atoms with Crippen LogP contribution >= 0.6 is 11.6 Å². The highest BCUT2D eigenvalue weighted by Crippen LogP contribution is 2.40. The van der Waals surface area contributed by atoms with E-state index in [2.05, 4.69) is 20.9 Å². The number of Topliss-reactive ketones (excluding diaryl/α,β-unsaturated/α-hetero) is 1. The van der Waals surface area contributed by atoms with Crippen molar-refractivity contribution in [3.05, 3.63) is 46.1 Å². The third-order valence-electron chi connectivity index (χ3n) is 4.00. The Morgan fingerprint density at radius 3 is 2.86 bits per heavy atom. The van der Waals surface area contributed by atoms with Crippen molar-refractivity contribution in [3.8, 4) is 0 Å². The van der Waals surface area contributed by atoms with E-state index in [-0.39, 0.29) is 11.8 Å². The number of carbonyl (C=O) groups excluding carboxylic acids is 1. The van der Waals surface area contributed by atoms with Gasteiger partial charge in [0.1, 0.15) is 0 Å². The molecule has 1 aliphatic heterocycles. The SMILES string of the molecule is O=C1CCCC2=C1C(c1ccccc1Cl)Nc1nonc1N2. The molecule has 0 saturated carbocycles. The highest BCUT2D eigenvalue weighted by atomic mass is 35.5. The third-order valence-corrected chi connectivity index (χ3v) is 4.34. The maximum absolute atomic E-state index is 12.5. The van der Waals surface area contributed by atoms with Crippen LogP contribution in [0.15, 0.2) is 40.2 Å². The van der Waals surface area contributed by atoms with E-state index in [0.29, 0.717) is 28.7 Å². The lowest BCUT2D eigenvalue weighted by Crippen LogP contribution is -2.24. The fraction of sp³-hybridized carbons (Fsp3) is 0.267. The molecule has 0 fully saturated rings. The lowest BCUT2D eigenvalue weighted by atomic mass is 9.87. The average molecular weight is 317 g/mol. The number of nitrogens with one attached hydrogen (secondary N) is 2. The van der Waals surface area contributed by atoms with Crippen molar-refractivity contribution in [1.82, 2.24) is 10.3 Å². The van der Waals surface area contributed by atoms with Crippen LogP contribution < -0.4 is 10.6 Å². The minimum Gasteiger partial charge on any atom is -0.353 e. The second kappa shape index (κ2) is 5.14. The van der Waals surface area contributed by atoms with Gasteiger partial charge in [0.05, 0.1) is 6.04 Å². The summed E-state index contributed by atoms with van der Waals surface area (Å²) in [6, 6.07) is 7.12. The molecule has 2 aromatic rings. The number of fused-ring (bicyclic) bond motifs is 1. The first-order chi connectivity index (χ1) is 10.7. The lowest BCUT2D eigenvalue weighted by molar-refractivity contribution is -0.116. The second-order valence-electron chi connectivity index (χ2n) is 5.35. The van der Waals surface area contributed by atoms with E-state index in [9.17, 15) is 4.79 Å². The molecule has 4 rings (SSSR count). The number of benzene rings is 1. The molecule has 0 spiro atoms. The topological polar surface area (TPSA) is 80.1 Å². The van der Waals surface area contributed by atoms with Crippen molar-refractivity contribution < 1.29 is 9.42 Å². The third kappa shape index (κ3) is 2.07. The number of rotatable bonds is 1. The minimum atomic E-state index is -0.364. The summed E-state index contributed by atoms with van der Waals surface area (Å²) in [5.74, 6) is 1.09. The number of hydrogen-bond donors (Lipinski definition) is 2. The molecular formula is C15H13ClN4O2. The molecule has 22 heavy (non-hydrogen) atoms. The molecule has 1 aromatic heterocycles. The van der Waals surface area contributed by atoms with Crippen molar-refractivity contribution in [2.45, 2.75) is 25.3 Å². The molecule has 0 radical (unpaired) electrons. The number of hydrogen-bond acceptors (Lipinski definition) is 6. The lowest BCUT2D eigenvalue weighted by Gasteiger charge is -2.25. The number of aromatic nitrogens is 2. The van der Waals surface area contributed by atoms with Gasteiger partial charge in [-0.3, -0.25) is 4.79 Å². The summed E-state index contributed by atoms with van der Waals surface area (Å²) in [6.07, 6.45) is 2.15. The van der Waals surface area contributed by atoms with Gasteiger partial charge in [0.15, 0.2) is 5.78 Å². The summed E-state index contributed by atoms with van der Waals surface area (Å²) in [4.78, 5) is 12.5. The molecule has 1 unspecified atom stereocenters. The number of ketones is 1. The minimum absolute atomic E-state index is 0.119. The van der Waals surface area contributed by atoms with Crippen molar-refractivity contribution in [2.24, 2.45) is 0 Å². The molecule has 2 aliphatic rings. The molecule has 2 N–H and O–H groups in total. The van der Waals surface area contributed by atoms with Crippen LogP contribution in [0.4, 0.5) is 11.6 Å². The summed E-state index contributed by atoms with van der Waals surface area (Å²) >= 11 is 6.34. The summed E-state index contributed by atoms with van der Waals surface area (Å²) < 4.78 is 4.78. The van der Waals surface area contributed by atoms with Crippen molar-refractivity contribution in [2.75, 3.05) is 10.6 Å². The molecule has 1 atom stereocenters. The Bertz CT molecular complexity index is 783. The molecule has 1 aromatic carbocycles.